The molecule has 5 nitrogen and oxygen atoms in total. The van der Waals surface area contributed by atoms with Crippen molar-refractivity contribution in [2.45, 2.75) is 6.92 Å². The van der Waals surface area contributed by atoms with Crippen molar-refractivity contribution in [2.75, 3.05) is 0 Å². The molecule has 0 saturated heterocycles. The van der Waals surface area contributed by atoms with Crippen LogP contribution in [-0.4, -0.2) is 9.20 Å². The van der Waals surface area contributed by atoms with Gasteiger partial charge in [-0.05, 0) is 37.3 Å². The number of rotatable bonds is 2. The summed E-state index contributed by atoms with van der Waals surface area (Å²) in [6.45, 7) is 1.72. The number of para-hydroxylation sites is 2. The fourth-order valence-electron chi connectivity index (χ4n) is 2.85. The quantitative estimate of drug-likeness (QED) is 0.529. The van der Waals surface area contributed by atoms with Crippen molar-refractivity contribution in [1.29, 1.82) is 0 Å². The van der Waals surface area contributed by atoms with Gasteiger partial charge in [-0.3, -0.25) is 4.79 Å². The lowest BCUT2D eigenvalue weighted by molar-refractivity contribution is -0.647. The van der Waals surface area contributed by atoms with Crippen LogP contribution >= 0.6 is 0 Å². The van der Waals surface area contributed by atoms with Crippen LogP contribution in [0.15, 0.2) is 77.9 Å². The lowest BCUT2D eigenvalue weighted by Gasteiger charge is -2.06. The number of hydrogen-bond donors (Lipinski definition) is 0. The Morgan fingerprint density at radius 3 is 2.25 bits per heavy atom. The smallest absolute Gasteiger partial charge is 0.289 e. The van der Waals surface area contributed by atoms with Gasteiger partial charge in [-0.15, -0.1) is 9.20 Å². The molecule has 2 aromatic heterocycles. The van der Waals surface area contributed by atoms with Gasteiger partial charge in [0.15, 0.2) is 5.52 Å². The zero-order valence-electron chi connectivity index (χ0n) is 13.1. The molecule has 5 heteroatoms. The number of aryl methyl sites for hydroxylation is 1. The summed E-state index contributed by atoms with van der Waals surface area (Å²) >= 11 is 0. The highest BCUT2D eigenvalue weighted by Crippen LogP contribution is 2.16. The van der Waals surface area contributed by atoms with E-state index in [1.165, 1.54) is 4.68 Å². The fourth-order valence-corrected chi connectivity index (χ4v) is 2.85. The average molecular weight is 317 g/mol. The molecule has 0 atom stereocenters. The maximum absolute atomic E-state index is 12.8. The second-order valence-electron chi connectivity index (χ2n) is 5.64. The minimum Gasteiger partial charge on any atom is -0.839 e. The van der Waals surface area contributed by atoms with Crippen LogP contribution < -0.4 is 15.2 Å². The zero-order valence-corrected chi connectivity index (χ0v) is 13.1. The molecule has 2 aromatic carbocycles. The largest absolute Gasteiger partial charge is 0.839 e. The Labute approximate surface area is 138 Å². The molecule has 0 aliphatic heterocycles. The van der Waals surface area contributed by atoms with Crippen LogP contribution in [0.5, 0.6) is 5.88 Å². The Morgan fingerprint density at radius 1 is 0.958 bits per heavy atom. The van der Waals surface area contributed by atoms with Crippen molar-refractivity contribution >= 4 is 5.52 Å². The van der Waals surface area contributed by atoms with Crippen LogP contribution in [0.3, 0.4) is 0 Å². The molecule has 0 aliphatic rings. The maximum atomic E-state index is 12.8. The number of imidazole rings is 1. The second-order valence-corrected chi connectivity index (χ2v) is 5.64. The van der Waals surface area contributed by atoms with Gasteiger partial charge in [-0.2, -0.15) is 0 Å². The molecular formula is C19H15N3O2. The van der Waals surface area contributed by atoms with Crippen molar-refractivity contribution in [3.63, 3.8) is 0 Å². The Morgan fingerprint density at radius 2 is 1.58 bits per heavy atom. The zero-order chi connectivity index (χ0) is 16.7. The molecule has 0 unspecified atom stereocenters. The van der Waals surface area contributed by atoms with Crippen LogP contribution in [-0.2, 0) is 0 Å². The van der Waals surface area contributed by atoms with Gasteiger partial charge in [0, 0.05) is 5.56 Å². The average Bonchev–Trinajstić information content (AvgIpc) is 2.94. The van der Waals surface area contributed by atoms with Crippen LogP contribution in [0.1, 0.15) is 5.56 Å². The lowest BCUT2D eigenvalue weighted by Crippen LogP contribution is -2.32. The molecule has 0 amide bonds. The lowest BCUT2D eigenvalue weighted by atomic mass is 10.3. The van der Waals surface area contributed by atoms with E-state index in [-0.39, 0.29) is 11.4 Å². The number of nitrogens with zero attached hydrogens (tertiary/aromatic N) is 3. The minimum absolute atomic E-state index is 0.149. The van der Waals surface area contributed by atoms with Crippen molar-refractivity contribution < 1.29 is 9.67 Å². The van der Waals surface area contributed by atoms with Crippen LogP contribution in [0, 0.1) is 6.92 Å². The number of hydrogen-bond acceptors (Lipinski definition) is 2. The third kappa shape index (κ3) is 2.10. The normalized spacial score (nSPS) is 11.0. The van der Waals surface area contributed by atoms with Crippen molar-refractivity contribution in [1.82, 2.24) is 9.20 Å². The molecule has 0 saturated carbocycles. The standard InChI is InChI=1S/C19H15N3O2/c1-14-12-17-19(24)20(15-8-4-2-5-9-15)13-21(17)22(18(14)23)16-10-6-3-7-11-16/h2-13H,1H3. The molecule has 24 heavy (non-hydrogen) atoms. The van der Waals surface area contributed by atoms with E-state index < -0.39 is 0 Å². The van der Waals surface area contributed by atoms with Crippen molar-refractivity contribution in [3.8, 4) is 17.3 Å². The van der Waals surface area contributed by atoms with Gasteiger partial charge in [-0.1, -0.05) is 36.4 Å². The highest BCUT2D eigenvalue weighted by molar-refractivity contribution is 5.55. The number of benzene rings is 2. The Hall–Kier alpha value is -3.34. The van der Waals surface area contributed by atoms with E-state index in [4.69, 9.17) is 0 Å². The summed E-state index contributed by atoms with van der Waals surface area (Å²) in [6.07, 6.45) is 1.65. The molecule has 118 valence electrons. The summed E-state index contributed by atoms with van der Waals surface area (Å²) in [6, 6.07) is 20.3. The van der Waals surface area contributed by atoms with E-state index in [9.17, 15) is 9.90 Å². The first kappa shape index (κ1) is 14.3. The molecule has 0 fully saturated rings. The van der Waals surface area contributed by atoms with Gasteiger partial charge in [0.25, 0.3) is 11.9 Å². The van der Waals surface area contributed by atoms with Crippen LogP contribution in [0.2, 0.25) is 0 Å². The summed E-state index contributed by atoms with van der Waals surface area (Å²) < 4.78 is 4.68. The molecular weight excluding hydrogens is 302 g/mol. The summed E-state index contributed by atoms with van der Waals surface area (Å²) in [4.78, 5) is 12.7. The summed E-state index contributed by atoms with van der Waals surface area (Å²) in [5.74, 6) is -0.158. The molecule has 4 rings (SSSR count). The number of fused-ring (bicyclic) bond motifs is 1. The Kier molecular flexibility index (Phi) is 3.20. The highest BCUT2D eigenvalue weighted by atomic mass is 16.3. The molecule has 0 aliphatic carbocycles. The molecule has 0 bridgehead atoms. The van der Waals surface area contributed by atoms with Crippen LogP contribution in [0.25, 0.3) is 16.9 Å². The SMILES string of the molecule is Cc1cc2c([O-])[n+](-c3ccccc3)cn2n(-c2ccccc2)c1=O. The predicted octanol–water partition coefficient (Wildman–Crippen LogP) is 1.75. The molecule has 0 radical (unpaired) electrons. The fraction of sp³-hybridized carbons (Fsp3) is 0.0526. The predicted molar refractivity (Wildman–Crippen MR) is 88.7 cm³/mol. The summed E-state index contributed by atoms with van der Waals surface area (Å²) in [5, 5.41) is 12.8. The highest BCUT2D eigenvalue weighted by Gasteiger charge is 2.19. The Balaban J connectivity index is 2.10. The van der Waals surface area contributed by atoms with Crippen LogP contribution in [0.4, 0.5) is 0 Å². The molecule has 4 aromatic rings. The second kappa shape index (κ2) is 5.38. The summed E-state index contributed by atoms with van der Waals surface area (Å²) in [5.41, 5.74) is 2.31. The van der Waals surface area contributed by atoms with E-state index >= 15 is 0 Å². The first-order valence-electron chi connectivity index (χ1n) is 7.64. The van der Waals surface area contributed by atoms with E-state index in [0.717, 1.165) is 5.69 Å². The Bertz CT molecular complexity index is 1080. The van der Waals surface area contributed by atoms with Gasteiger partial charge in [0.2, 0.25) is 0 Å². The molecule has 0 spiro atoms. The monoisotopic (exact) mass is 317 g/mol. The van der Waals surface area contributed by atoms with Gasteiger partial charge in [-0.25, -0.2) is 4.57 Å². The third-order valence-electron chi connectivity index (χ3n) is 4.04. The van der Waals surface area contributed by atoms with Gasteiger partial charge in [0.1, 0.15) is 11.6 Å². The maximum Gasteiger partial charge on any atom is 0.289 e. The van der Waals surface area contributed by atoms with Gasteiger partial charge in [0.05, 0.1) is 5.69 Å². The summed E-state index contributed by atoms with van der Waals surface area (Å²) in [7, 11) is 0. The molecule has 0 N–H and O–H groups in total. The van der Waals surface area contributed by atoms with E-state index in [1.54, 1.807) is 28.4 Å². The van der Waals surface area contributed by atoms with Crippen molar-refractivity contribution in [3.05, 3.63) is 89.0 Å². The minimum atomic E-state index is -0.158. The first-order chi connectivity index (χ1) is 11.7. The van der Waals surface area contributed by atoms with Gasteiger partial charge >= 0.3 is 0 Å². The number of aromatic nitrogens is 3. The molecule has 2 heterocycles. The van der Waals surface area contributed by atoms with Crippen molar-refractivity contribution in [2.24, 2.45) is 0 Å². The van der Waals surface area contributed by atoms with E-state index in [0.29, 0.717) is 16.8 Å². The van der Waals surface area contributed by atoms with E-state index in [2.05, 4.69) is 0 Å². The van der Waals surface area contributed by atoms with E-state index in [1.807, 2.05) is 60.7 Å². The first-order valence-corrected chi connectivity index (χ1v) is 7.64. The third-order valence-corrected chi connectivity index (χ3v) is 4.04. The topological polar surface area (TPSA) is 53.4 Å². The van der Waals surface area contributed by atoms with Gasteiger partial charge < -0.3 is 5.11 Å².